The van der Waals surface area contributed by atoms with Crippen LogP contribution in [0.25, 0.3) is 0 Å². The summed E-state index contributed by atoms with van der Waals surface area (Å²) >= 11 is 5.95. The number of fused-ring (bicyclic) bond motifs is 1. The second-order valence-corrected chi connectivity index (χ2v) is 9.19. The molecule has 1 fully saturated rings. The first kappa shape index (κ1) is 21.1. The van der Waals surface area contributed by atoms with Crippen molar-refractivity contribution in [2.45, 2.75) is 58.9 Å². The highest BCUT2D eigenvalue weighted by Crippen LogP contribution is 2.52. The molecule has 1 amide bonds. The third-order valence-corrected chi connectivity index (χ3v) is 6.37. The lowest BCUT2D eigenvalue weighted by Crippen LogP contribution is -2.62. The molecule has 0 unspecified atom stereocenters. The van der Waals surface area contributed by atoms with Gasteiger partial charge in [-0.2, -0.15) is 23.3 Å². The molecular formula is C20H24ClF3N2O2. The molecule has 1 saturated carbocycles. The summed E-state index contributed by atoms with van der Waals surface area (Å²) in [6, 6.07) is 4.19. The Bertz CT molecular complexity index is 832. The molecular weight excluding hydrogens is 393 g/mol. The minimum atomic E-state index is -5.04. The van der Waals surface area contributed by atoms with E-state index in [2.05, 4.69) is 5.10 Å². The van der Waals surface area contributed by atoms with Gasteiger partial charge in [0.05, 0.1) is 5.92 Å². The van der Waals surface area contributed by atoms with E-state index in [0.29, 0.717) is 23.4 Å². The molecule has 0 bridgehead atoms. The van der Waals surface area contributed by atoms with Crippen LogP contribution < -0.4 is 0 Å². The Morgan fingerprint density at radius 2 is 1.96 bits per heavy atom. The molecule has 8 heteroatoms. The van der Waals surface area contributed by atoms with Crippen LogP contribution >= 0.6 is 11.6 Å². The van der Waals surface area contributed by atoms with Crippen LogP contribution in [0, 0.1) is 24.2 Å². The van der Waals surface area contributed by atoms with E-state index in [0.717, 1.165) is 0 Å². The summed E-state index contributed by atoms with van der Waals surface area (Å²) in [6.07, 6.45) is -3.91. The van der Waals surface area contributed by atoms with Crippen LogP contribution in [0.2, 0.25) is 5.02 Å². The number of amides is 1. The molecule has 0 spiro atoms. The molecule has 1 heterocycles. The number of hydrazone groups is 1. The topological polar surface area (TPSA) is 52.9 Å². The van der Waals surface area contributed by atoms with E-state index >= 15 is 0 Å². The predicted molar refractivity (Wildman–Crippen MR) is 101 cm³/mol. The Balaban J connectivity index is 2.03. The largest absolute Gasteiger partial charge is 0.439 e. The summed E-state index contributed by atoms with van der Waals surface area (Å²) in [6.45, 7) is 7.57. The molecule has 3 rings (SSSR count). The van der Waals surface area contributed by atoms with Crippen molar-refractivity contribution in [1.82, 2.24) is 5.01 Å². The van der Waals surface area contributed by atoms with Crippen LogP contribution in [0.1, 0.15) is 56.0 Å². The van der Waals surface area contributed by atoms with Crippen molar-refractivity contribution >= 4 is 23.2 Å². The van der Waals surface area contributed by atoms with Gasteiger partial charge in [0.1, 0.15) is 0 Å². The number of nitrogens with zero attached hydrogens (tertiary/aromatic N) is 2. The highest BCUT2D eigenvalue weighted by atomic mass is 35.5. The predicted octanol–water partition coefficient (Wildman–Crippen LogP) is 5.17. The number of alkyl halides is 3. The molecule has 1 aromatic rings. The molecule has 154 valence electrons. The molecule has 28 heavy (non-hydrogen) atoms. The van der Waals surface area contributed by atoms with Crippen molar-refractivity contribution in [2.24, 2.45) is 22.4 Å². The molecule has 1 aromatic carbocycles. The van der Waals surface area contributed by atoms with E-state index in [1.54, 1.807) is 6.92 Å². The van der Waals surface area contributed by atoms with Gasteiger partial charge in [0.15, 0.2) is 0 Å². The fourth-order valence-corrected chi connectivity index (χ4v) is 4.23. The summed E-state index contributed by atoms with van der Waals surface area (Å²) in [5.74, 6) is -2.27. The minimum Gasteiger partial charge on any atom is -0.362 e. The fraction of sp³-hybridized carbons (Fsp3) is 0.600. The Morgan fingerprint density at radius 1 is 1.32 bits per heavy atom. The number of hydrogen-bond acceptors (Lipinski definition) is 3. The van der Waals surface area contributed by atoms with Gasteiger partial charge in [-0.3, -0.25) is 4.79 Å². The standard InChI is InChI=1S/C20H24ClF3N2O2/c1-11-9-12(5-7-15(11)21)17(27)26-19(28,20(22,23)24)14-10-13(18(2,3)4)6-8-16(14)25-26/h5,7,9,13-14,28H,6,8,10H2,1-4H3/t13-,14-,19-/m0/s1. The van der Waals surface area contributed by atoms with Crippen LogP contribution in [0.5, 0.6) is 0 Å². The van der Waals surface area contributed by atoms with Gasteiger partial charge < -0.3 is 5.11 Å². The second-order valence-electron chi connectivity index (χ2n) is 8.79. The fourth-order valence-electron chi connectivity index (χ4n) is 4.11. The maximum absolute atomic E-state index is 14.1. The van der Waals surface area contributed by atoms with Gasteiger partial charge in [0.25, 0.3) is 11.6 Å². The van der Waals surface area contributed by atoms with Gasteiger partial charge in [0, 0.05) is 16.3 Å². The van der Waals surface area contributed by atoms with Gasteiger partial charge in [0.2, 0.25) is 0 Å². The SMILES string of the molecule is Cc1cc(C(=O)N2N=C3CC[C@H](C(C)(C)C)C[C@@H]3[C@]2(O)C(F)(F)F)ccc1Cl. The van der Waals surface area contributed by atoms with E-state index in [9.17, 15) is 23.1 Å². The number of halogens is 4. The van der Waals surface area contributed by atoms with Crippen LogP contribution in [0.4, 0.5) is 13.2 Å². The molecule has 1 N–H and O–H groups in total. The third-order valence-electron chi connectivity index (χ3n) is 5.95. The number of benzene rings is 1. The molecule has 1 aliphatic carbocycles. The van der Waals surface area contributed by atoms with Gasteiger partial charge >= 0.3 is 6.18 Å². The first-order chi connectivity index (χ1) is 12.8. The average molecular weight is 417 g/mol. The number of hydrogen-bond donors (Lipinski definition) is 1. The van der Waals surface area contributed by atoms with E-state index < -0.39 is 23.7 Å². The van der Waals surface area contributed by atoms with Crippen molar-refractivity contribution in [3.05, 3.63) is 34.3 Å². The summed E-state index contributed by atoms with van der Waals surface area (Å²) in [4.78, 5) is 12.9. The zero-order chi connectivity index (χ0) is 21.1. The maximum atomic E-state index is 14.1. The molecule has 0 aromatic heterocycles. The molecule has 4 nitrogen and oxygen atoms in total. The van der Waals surface area contributed by atoms with Crippen molar-refractivity contribution < 1.29 is 23.1 Å². The number of aryl methyl sites for hydroxylation is 1. The summed E-state index contributed by atoms with van der Waals surface area (Å²) < 4.78 is 42.2. The van der Waals surface area contributed by atoms with Crippen molar-refractivity contribution in [3.8, 4) is 0 Å². The number of rotatable bonds is 1. The van der Waals surface area contributed by atoms with Gasteiger partial charge in [-0.05, 0) is 61.3 Å². The zero-order valence-corrected chi connectivity index (χ0v) is 17.0. The first-order valence-corrected chi connectivity index (χ1v) is 9.61. The average Bonchev–Trinajstić information content (AvgIpc) is 2.89. The van der Waals surface area contributed by atoms with Crippen LogP contribution in [0.15, 0.2) is 23.3 Å². The van der Waals surface area contributed by atoms with Gasteiger partial charge in [-0.1, -0.05) is 32.4 Å². The summed E-state index contributed by atoms with van der Waals surface area (Å²) in [5.41, 5.74) is -2.76. The van der Waals surface area contributed by atoms with Gasteiger partial charge in [-0.15, -0.1) is 0 Å². The quantitative estimate of drug-likeness (QED) is 0.686. The lowest BCUT2D eigenvalue weighted by molar-refractivity contribution is -0.314. The normalized spacial score (nSPS) is 28.2. The maximum Gasteiger partial charge on any atom is 0.439 e. The van der Waals surface area contributed by atoms with E-state index in [-0.39, 0.29) is 34.0 Å². The van der Waals surface area contributed by atoms with Crippen LogP contribution in [-0.2, 0) is 0 Å². The third kappa shape index (κ3) is 3.32. The van der Waals surface area contributed by atoms with Crippen LogP contribution in [-0.4, -0.2) is 33.6 Å². The summed E-state index contributed by atoms with van der Waals surface area (Å²) in [7, 11) is 0. The molecule has 1 aliphatic heterocycles. The van der Waals surface area contributed by atoms with Crippen molar-refractivity contribution in [1.29, 1.82) is 0 Å². The van der Waals surface area contributed by atoms with E-state index in [1.807, 2.05) is 20.8 Å². The Morgan fingerprint density at radius 3 is 2.50 bits per heavy atom. The van der Waals surface area contributed by atoms with Crippen molar-refractivity contribution in [3.63, 3.8) is 0 Å². The number of aliphatic hydroxyl groups is 1. The van der Waals surface area contributed by atoms with Crippen molar-refractivity contribution in [2.75, 3.05) is 0 Å². The Hall–Kier alpha value is -1.60. The summed E-state index contributed by atoms with van der Waals surface area (Å²) in [5, 5.41) is 15.5. The molecule has 0 saturated heterocycles. The Kier molecular flexibility index (Phi) is 5.08. The number of carbonyl (C=O) groups excluding carboxylic acids is 1. The van der Waals surface area contributed by atoms with Crippen LogP contribution in [0.3, 0.4) is 0 Å². The van der Waals surface area contributed by atoms with E-state index in [1.165, 1.54) is 18.2 Å². The molecule has 3 atom stereocenters. The lowest BCUT2D eigenvalue weighted by atomic mass is 9.66. The van der Waals surface area contributed by atoms with Gasteiger partial charge in [-0.25, -0.2) is 0 Å². The first-order valence-electron chi connectivity index (χ1n) is 9.24. The minimum absolute atomic E-state index is 0.0000525. The lowest BCUT2D eigenvalue weighted by Gasteiger charge is -2.42. The second kappa shape index (κ2) is 6.73. The Labute approximate surface area is 167 Å². The number of carbonyl (C=O) groups is 1. The highest BCUT2D eigenvalue weighted by molar-refractivity contribution is 6.31. The van der Waals surface area contributed by atoms with E-state index in [4.69, 9.17) is 11.6 Å². The zero-order valence-electron chi connectivity index (χ0n) is 16.3. The molecule has 2 aliphatic rings. The monoisotopic (exact) mass is 416 g/mol. The highest BCUT2D eigenvalue weighted by Gasteiger charge is 2.69. The molecule has 0 radical (unpaired) electrons. The smallest absolute Gasteiger partial charge is 0.362 e.